The predicted octanol–water partition coefficient (Wildman–Crippen LogP) is 1.30. The first-order chi connectivity index (χ1) is 11.2. The van der Waals surface area contributed by atoms with Crippen molar-refractivity contribution in [3.8, 4) is 5.75 Å². The van der Waals surface area contributed by atoms with E-state index in [0.717, 1.165) is 12.8 Å². The van der Waals surface area contributed by atoms with Gasteiger partial charge in [0.2, 0.25) is 5.91 Å². The number of amides is 1. The summed E-state index contributed by atoms with van der Waals surface area (Å²) in [5, 5.41) is 0. The average molecular weight is 354 g/mol. The molecule has 2 atom stereocenters. The number of carbonyl (C=O) groups is 1. The Kier molecular flexibility index (Phi) is 5.55. The van der Waals surface area contributed by atoms with Crippen LogP contribution >= 0.6 is 0 Å². The number of likely N-dealkylation sites (tertiary alicyclic amines) is 1. The normalized spacial score (nSPS) is 24.2. The molecule has 7 heteroatoms. The molecule has 1 heterocycles. The molecule has 0 aliphatic carbocycles. The summed E-state index contributed by atoms with van der Waals surface area (Å²) < 4.78 is 28.3. The Balaban J connectivity index is 1.83. The lowest BCUT2D eigenvalue weighted by molar-refractivity contribution is -0.131. The topological polar surface area (TPSA) is 89.7 Å². The maximum atomic E-state index is 12.3. The Bertz CT molecular complexity index is 687. The fourth-order valence-corrected chi connectivity index (χ4v) is 3.49. The molecule has 0 saturated carbocycles. The highest BCUT2D eigenvalue weighted by Gasteiger charge is 2.40. The van der Waals surface area contributed by atoms with E-state index in [4.69, 9.17) is 10.5 Å². The Hall–Kier alpha value is -1.60. The lowest BCUT2D eigenvalue weighted by Crippen LogP contribution is -2.36. The number of carbonyl (C=O) groups excluding carboxylic acids is 1. The van der Waals surface area contributed by atoms with Crippen LogP contribution < -0.4 is 10.5 Å². The van der Waals surface area contributed by atoms with E-state index in [1.54, 1.807) is 12.1 Å². The quantitative estimate of drug-likeness (QED) is 0.832. The van der Waals surface area contributed by atoms with Crippen molar-refractivity contribution < 1.29 is 17.9 Å². The summed E-state index contributed by atoms with van der Waals surface area (Å²) in [4.78, 5) is 14.4. The second-order valence-corrected chi connectivity index (χ2v) is 8.89. The third-order valence-corrected chi connectivity index (χ3v) is 6.02. The van der Waals surface area contributed by atoms with Gasteiger partial charge in [0.1, 0.15) is 5.75 Å². The first-order valence-electron chi connectivity index (χ1n) is 8.06. The second-order valence-electron chi connectivity index (χ2n) is 6.88. The van der Waals surface area contributed by atoms with Crippen LogP contribution in [-0.2, 0) is 14.6 Å². The van der Waals surface area contributed by atoms with E-state index in [9.17, 15) is 13.2 Å². The fraction of sp³-hybridized carbons (Fsp3) is 0.588. The Labute approximate surface area is 143 Å². The maximum Gasteiger partial charge on any atom is 0.226 e. The lowest BCUT2D eigenvalue weighted by Gasteiger charge is -2.25. The molecule has 0 bridgehead atoms. The van der Waals surface area contributed by atoms with E-state index < -0.39 is 9.84 Å². The number of nitrogens with zero attached hydrogens (tertiary/aromatic N) is 1. The van der Waals surface area contributed by atoms with Gasteiger partial charge in [0, 0.05) is 24.8 Å². The Morgan fingerprint density at radius 1 is 1.38 bits per heavy atom. The zero-order valence-electron chi connectivity index (χ0n) is 14.5. The fourth-order valence-electron chi connectivity index (χ4n) is 2.86. The third kappa shape index (κ3) is 4.27. The molecule has 134 valence electrons. The number of nitrogens with two attached hydrogens (primary N) is 1. The number of hydrogen-bond donors (Lipinski definition) is 1. The highest BCUT2D eigenvalue weighted by molar-refractivity contribution is 7.90. The minimum atomic E-state index is -3.21. The van der Waals surface area contributed by atoms with E-state index in [-0.39, 0.29) is 22.8 Å². The van der Waals surface area contributed by atoms with E-state index in [2.05, 4.69) is 13.8 Å². The standard InChI is InChI=1S/C17H26N2O4S/c1-13-10-19(12-17(13,2)11-18)16(20)8-9-23-14-4-6-15(7-5-14)24(3,21)22/h4-7,13H,8-12,18H2,1-3H3/t13-,17-/m1/s1. The smallest absolute Gasteiger partial charge is 0.226 e. The Morgan fingerprint density at radius 2 is 2.00 bits per heavy atom. The maximum absolute atomic E-state index is 12.3. The molecule has 1 aliphatic rings. The van der Waals surface area contributed by atoms with Crippen molar-refractivity contribution in [2.75, 3.05) is 32.5 Å². The second kappa shape index (κ2) is 7.11. The lowest BCUT2D eigenvalue weighted by atomic mass is 9.81. The molecule has 1 aliphatic heterocycles. The first-order valence-corrected chi connectivity index (χ1v) is 9.95. The summed E-state index contributed by atoms with van der Waals surface area (Å²) >= 11 is 0. The van der Waals surface area contributed by atoms with E-state index in [1.165, 1.54) is 12.1 Å². The van der Waals surface area contributed by atoms with E-state index >= 15 is 0 Å². The van der Waals surface area contributed by atoms with Crippen molar-refractivity contribution in [2.45, 2.75) is 25.2 Å². The first kappa shape index (κ1) is 18.7. The molecule has 0 aromatic heterocycles. The van der Waals surface area contributed by atoms with Gasteiger partial charge in [-0.3, -0.25) is 4.79 Å². The van der Waals surface area contributed by atoms with Gasteiger partial charge < -0.3 is 15.4 Å². The summed E-state index contributed by atoms with van der Waals surface area (Å²) in [6, 6.07) is 6.21. The SMILES string of the molecule is C[C@@H]1CN(C(=O)CCOc2ccc(S(C)(=O)=O)cc2)C[C@@]1(C)CN. The molecular weight excluding hydrogens is 328 g/mol. The average Bonchev–Trinajstić information content (AvgIpc) is 2.83. The van der Waals surface area contributed by atoms with Crippen LogP contribution in [0, 0.1) is 11.3 Å². The molecule has 0 unspecified atom stereocenters. The molecule has 24 heavy (non-hydrogen) atoms. The highest BCUT2D eigenvalue weighted by atomic mass is 32.2. The van der Waals surface area contributed by atoms with Crippen molar-refractivity contribution in [2.24, 2.45) is 17.1 Å². The monoisotopic (exact) mass is 354 g/mol. The van der Waals surface area contributed by atoms with Crippen LogP contribution in [-0.4, -0.2) is 51.7 Å². The van der Waals surface area contributed by atoms with Gasteiger partial charge in [-0.1, -0.05) is 13.8 Å². The minimum Gasteiger partial charge on any atom is -0.493 e. The minimum absolute atomic E-state index is 0.0159. The molecule has 1 fully saturated rings. The van der Waals surface area contributed by atoms with Crippen LogP contribution in [0.4, 0.5) is 0 Å². The van der Waals surface area contributed by atoms with Crippen LogP contribution in [0.2, 0.25) is 0 Å². The van der Waals surface area contributed by atoms with Crippen molar-refractivity contribution in [3.63, 3.8) is 0 Å². The van der Waals surface area contributed by atoms with Gasteiger partial charge in [0.15, 0.2) is 9.84 Å². The van der Waals surface area contributed by atoms with Gasteiger partial charge in [-0.05, 0) is 36.7 Å². The molecule has 0 radical (unpaired) electrons. The molecule has 6 nitrogen and oxygen atoms in total. The van der Waals surface area contributed by atoms with Crippen molar-refractivity contribution in [1.29, 1.82) is 0 Å². The molecule has 1 aromatic rings. The predicted molar refractivity (Wildman–Crippen MR) is 92.6 cm³/mol. The Morgan fingerprint density at radius 3 is 2.50 bits per heavy atom. The summed E-state index contributed by atoms with van der Waals surface area (Å²) in [6.45, 7) is 6.50. The summed E-state index contributed by atoms with van der Waals surface area (Å²) in [5.74, 6) is 1.000. The molecule has 1 amide bonds. The van der Waals surface area contributed by atoms with E-state index in [1.807, 2.05) is 4.90 Å². The summed E-state index contributed by atoms with van der Waals surface area (Å²) in [5.41, 5.74) is 5.82. The molecule has 1 saturated heterocycles. The number of benzene rings is 1. The van der Waals surface area contributed by atoms with Gasteiger partial charge in [-0.15, -0.1) is 0 Å². The zero-order valence-corrected chi connectivity index (χ0v) is 15.3. The van der Waals surface area contributed by atoms with Gasteiger partial charge in [0.25, 0.3) is 0 Å². The van der Waals surface area contributed by atoms with Crippen molar-refractivity contribution in [1.82, 2.24) is 4.90 Å². The summed E-state index contributed by atoms with van der Waals surface area (Å²) in [6.07, 6.45) is 1.45. The largest absolute Gasteiger partial charge is 0.493 e. The molecule has 2 N–H and O–H groups in total. The molecule has 2 rings (SSSR count). The van der Waals surface area contributed by atoms with Crippen LogP contribution in [0.1, 0.15) is 20.3 Å². The van der Waals surface area contributed by atoms with Gasteiger partial charge in [0.05, 0.1) is 17.9 Å². The number of sulfone groups is 1. The van der Waals surface area contributed by atoms with Crippen LogP contribution in [0.5, 0.6) is 5.75 Å². The van der Waals surface area contributed by atoms with Crippen LogP contribution in [0.25, 0.3) is 0 Å². The summed E-state index contributed by atoms with van der Waals surface area (Å²) in [7, 11) is -3.21. The van der Waals surface area contributed by atoms with Crippen molar-refractivity contribution in [3.05, 3.63) is 24.3 Å². The van der Waals surface area contributed by atoms with Gasteiger partial charge >= 0.3 is 0 Å². The zero-order chi connectivity index (χ0) is 18.0. The van der Waals surface area contributed by atoms with Gasteiger partial charge in [-0.25, -0.2) is 8.42 Å². The van der Waals surface area contributed by atoms with Crippen molar-refractivity contribution >= 4 is 15.7 Å². The third-order valence-electron chi connectivity index (χ3n) is 4.89. The van der Waals surface area contributed by atoms with Crippen LogP contribution in [0.3, 0.4) is 0 Å². The molecular formula is C17H26N2O4S. The number of rotatable bonds is 6. The van der Waals surface area contributed by atoms with Gasteiger partial charge in [-0.2, -0.15) is 0 Å². The molecule has 1 aromatic carbocycles. The number of hydrogen-bond acceptors (Lipinski definition) is 5. The van der Waals surface area contributed by atoms with Crippen LogP contribution in [0.15, 0.2) is 29.2 Å². The highest BCUT2D eigenvalue weighted by Crippen LogP contribution is 2.34. The molecule has 0 spiro atoms. The number of ether oxygens (including phenoxy) is 1. The van der Waals surface area contributed by atoms with E-state index in [0.29, 0.717) is 31.2 Å².